The molecule has 0 aliphatic rings. The van der Waals surface area contributed by atoms with Gasteiger partial charge in [0.25, 0.3) is 0 Å². The summed E-state index contributed by atoms with van der Waals surface area (Å²) in [4.78, 5) is 4.27. The largest absolute Gasteiger partial charge is 0.493 e. The van der Waals surface area contributed by atoms with Crippen LogP contribution in [0.15, 0.2) is 41.7 Å². The molecular weight excluding hydrogens is 455 g/mol. The van der Waals surface area contributed by atoms with Crippen LogP contribution in [-0.4, -0.2) is 37.8 Å². The van der Waals surface area contributed by atoms with Crippen LogP contribution in [0.25, 0.3) is 0 Å². The lowest BCUT2D eigenvalue weighted by Crippen LogP contribution is -2.37. The molecule has 0 aliphatic carbocycles. The highest BCUT2D eigenvalue weighted by molar-refractivity contribution is 14.0. The zero-order valence-electron chi connectivity index (χ0n) is 16.6. The maximum absolute atomic E-state index is 5.63. The first kappa shape index (κ1) is 23.1. The first-order chi connectivity index (χ1) is 12.7. The Morgan fingerprint density at radius 3 is 2.59 bits per heavy atom. The van der Waals surface area contributed by atoms with Crippen LogP contribution in [0.5, 0.6) is 11.5 Å². The van der Waals surface area contributed by atoms with E-state index in [9.17, 15) is 0 Å². The Hall–Kier alpha value is -1.90. The van der Waals surface area contributed by atoms with Gasteiger partial charge in [0, 0.05) is 39.6 Å². The Kier molecular flexibility index (Phi) is 10.7. The molecule has 0 unspecified atom stereocenters. The maximum atomic E-state index is 5.63. The molecule has 2 N–H and O–H groups in total. The van der Waals surface area contributed by atoms with Crippen LogP contribution in [0.1, 0.15) is 24.5 Å². The molecule has 0 atom stereocenters. The van der Waals surface area contributed by atoms with Crippen LogP contribution in [0.3, 0.4) is 0 Å². The van der Waals surface area contributed by atoms with E-state index in [4.69, 9.17) is 9.47 Å². The van der Waals surface area contributed by atoms with Crippen molar-refractivity contribution in [1.82, 2.24) is 15.2 Å². The molecule has 7 heteroatoms. The van der Waals surface area contributed by atoms with E-state index >= 15 is 0 Å². The molecule has 0 amide bonds. The average molecular weight is 486 g/mol. The van der Waals surface area contributed by atoms with Crippen molar-refractivity contribution in [2.24, 2.45) is 12.0 Å². The molecule has 0 spiro atoms. The number of aliphatic imine (C=N–C) groups is 1. The Balaban J connectivity index is 0.00000364. The van der Waals surface area contributed by atoms with Gasteiger partial charge in [-0.15, -0.1) is 24.0 Å². The Labute approximate surface area is 179 Å². The van der Waals surface area contributed by atoms with E-state index in [1.165, 1.54) is 11.1 Å². The van der Waals surface area contributed by atoms with Crippen LogP contribution in [-0.2, 0) is 20.0 Å². The minimum Gasteiger partial charge on any atom is -0.493 e. The zero-order valence-corrected chi connectivity index (χ0v) is 18.9. The molecule has 6 nitrogen and oxygen atoms in total. The quantitative estimate of drug-likeness (QED) is 0.247. The van der Waals surface area contributed by atoms with Gasteiger partial charge in [0.15, 0.2) is 17.5 Å². The summed E-state index contributed by atoms with van der Waals surface area (Å²) in [5.41, 5.74) is 2.47. The van der Waals surface area contributed by atoms with Gasteiger partial charge in [-0.25, -0.2) is 0 Å². The Morgan fingerprint density at radius 2 is 1.96 bits per heavy atom. The second-order valence-corrected chi connectivity index (χ2v) is 6.06. The topological polar surface area (TPSA) is 59.8 Å². The van der Waals surface area contributed by atoms with Gasteiger partial charge in [-0.1, -0.05) is 6.07 Å². The number of aryl methyl sites for hydroxylation is 2. The second-order valence-electron chi connectivity index (χ2n) is 6.06. The molecule has 0 saturated carbocycles. The molecule has 0 fully saturated rings. The first-order valence-electron chi connectivity index (χ1n) is 9.01. The maximum Gasteiger partial charge on any atom is 0.191 e. The molecule has 27 heavy (non-hydrogen) atoms. The molecular formula is C20H31IN4O2. The summed E-state index contributed by atoms with van der Waals surface area (Å²) in [7, 11) is 5.47. The van der Waals surface area contributed by atoms with Gasteiger partial charge in [-0.2, -0.15) is 0 Å². The van der Waals surface area contributed by atoms with Gasteiger partial charge in [0.1, 0.15) is 0 Å². The number of rotatable bonds is 9. The second kappa shape index (κ2) is 12.5. The highest BCUT2D eigenvalue weighted by atomic mass is 127. The molecule has 0 saturated heterocycles. The molecule has 2 rings (SSSR count). The first-order valence-corrected chi connectivity index (χ1v) is 9.01. The summed E-state index contributed by atoms with van der Waals surface area (Å²) < 4.78 is 13.0. The van der Waals surface area contributed by atoms with Crippen molar-refractivity contribution in [1.29, 1.82) is 0 Å². The molecule has 150 valence electrons. The molecule has 0 radical (unpaired) electrons. The highest BCUT2D eigenvalue weighted by Gasteiger charge is 2.05. The molecule has 1 aromatic heterocycles. The van der Waals surface area contributed by atoms with Gasteiger partial charge < -0.3 is 24.7 Å². The lowest BCUT2D eigenvalue weighted by molar-refractivity contribution is 0.310. The Morgan fingerprint density at radius 1 is 1.15 bits per heavy atom. The van der Waals surface area contributed by atoms with Crippen molar-refractivity contribution in [3.63, 3.8) is 0 Å². The number of methoxy groups -OCH3 is 1. The number of hydrogen-bond acceptors (Lipinski definition) is 3. The van der Waals surface area contributed by atoms with Gasteiger partial charge in [0.05, 0.1) is 13.7 Å². The average Bonchev–Trinajstić information content (AvgIpc) is 3.07. The molecule has 0 bridgehead atoms. The van der Waals surface area contributed by atoms with Crippen molar-refractivity contribution in [3.05, 3.63) is 47.8 Å². The van der Waals surface area contributed by atoms with Crippen LogP contribution < -0.4 is 20.1 Å². The van der Waals surface area contributed by atoms with E-state index in [0.717, 1.165) is 43.4 Å². The van der Waals surface area contributed by atoms with E-state index in [0.29, 0.717) is 6.61 Å². The number of hydrogen-bond donors (Lipinski definition) is 2. The zero-order chi connectivity index (χ0) is 18.8. The number of guanidine groups is 1. The lowest BCUT2D eigenvalue weighted by Gasteiger charge is -2.13. The standard InChI is InChI=1S/C20H30N4O2.HI/c1-5-26-19-13-16(8-9-18(19)25-4)7-6-11-22-20(21-2)23-14-17-10-12-24(3)15-17;/h8-10,12-13,15H,5-7,11,14H2,1-4H3,(H2,21,22,23);1H. The fourth-order valence-electron chi connectivity index (χ4n) is 2.72. The van der Waals surface area contributed by atoms with E-state index in [2.05, 4.69) is 40.0 Å². The van der Waals surface area contributed by atoms with E-state index in [-0.39, 0.29) is 24.0 Å². The number of nitrogens with one attached hydrogen (secondary N) is 2. The van der Waals surface area contributed by atoms with Gasteiger partial charge in [-0.05, 0) is 49.1 Å². The van der Waals surface area contributed by atoms with Crippen molar-refractivity contribution >= 4 is 29.9 Å². The van der Waals surface area contributed by atoms with E-state index in [1.54, 1.807) is 14.2 Å². The molecule has 1 aromatic carbocycles. The number of benzene rings is 1. The number of nitrogens with zero attached hydrogens (tertiary/aromatic N) is 2. The van der Waals surface area contributed by atoms with Crippen LogP contribution >= 0.6 is 24.0 Å². The summed E-state index contributed by atoms with van der Waals surface area (Å²) in [6, 6.07) is 8.21. The SMILES string of the molecule is CCOc1cc(CCCNC(=NC)NCc2ccn(C)c2)ccc1OC.I. The summed E-state index contributed by atoms with van der Waals surface area (Å²) >= 11 is 0. The number of halogens is 1. The Bertz CT molecular complexity index is 716. The third-order valence-corrected chi connectivity index (χ3v) is 4.04. The van der Waals surface area contributed by atoms with E-state index in [1.807, 2.05) is 30.8 Å². The molecule has 1 heterocycles. The molecule has 0 aliphatic heterocycles. The van der Waals surface area contributed by atoms with Crippen LogP contribution in [0.4, 0.5) is 0 Å². The summed E-state index contributed by atoms with van der Waals surface area (Å²) in [5, 5.41) is 6.68. The highest BCUT2D eigenvalue weighted by Crippen LogP contribution is 2.28. The fourth-order valence-corrected chi connectivity index (χ4v) is 2.72. The minimum absolute atomic E-state index is 0. The third-order valence-electron chi connectivity index (χ3n) is 4.04. The molecule has 2 aromatic rings. The van der Waals surface area contributed by atoms with Crippen molar-refractivity contribution in [3.8, 4) is 11.5 Å². The fraction of sp³-hybridized carbons (Fsp3) is 0.450. The number of aromatic nitrogens is 1. The minimum atomic E-state index is 0. The normalized spacial score (nSPS) is 10.9. The summed E-state index contributed by atoms with van der Waals surface area (Å²) in [5.74, 6) is 2.40. The van der Waals surface area contributed by atoms with Crippen molar-refractivity contribution in [2.45, 2.75) is 26.3 Å². The predicted molar refractivity (Wildman–Crippen MR) is 122 cm³/mol. The van der Waals surface area contributed by atoms with Crippen LogP contribution in [0, 0.1) is 0 Å². The van der Waals surface area contributed by atoms with Crippen LogP contribution in [0.2, 0.25) is 0 Å². The lowest BCUT2D eigenvalue weighted by atomic mass is 10.1. The van der Waals surface area contributed by atoms with Crippen molar-refractivity contribution < 1.29 is 9.47 Å². The summed E-state index contributed by atoms with van der Waals surface area (Å²) in [6.45, 7) is 4.22. The van der Waals surface area contributed by atoms with Gasteiger partial charge >= 0.3 is 0 Å². The monoisotopic (exact) mass is 486 g/mol. The third kappa shape index (κ3) is 7.70. The van der Waals surface area contributed by atoms with E-state index < -0.39 is 0 Å². The number of ether oxygens (including phenoxy) is 2. The van der Waals surface area contributed by atoms with Gasteiger partial charge in [-0.3, -0.25) is 4.99 Å². The summed E-state index contributed by atoms with van der Waals surface area (Å²) in [6.07, 6.45) is 6.11. The van der Waals surface area contributed by atoms with Gasteiger partial charge in [0.2, 0.25) is 0 Å². The smallest absolute Gasteiger partial charge is 0.191 e. The van der Waals surface area contributed by atoms with Crippen molar-refractivity contribution in [2.75, 3.05) is 27.3 Å². The predicted octanol–water partition coefficient (Wildman–Crippen LogP) is 3.35.